The number of hydrogen-bond donors (Lipinski definition) is 1. The molecule has 0 atom stereocenters. The number of aromatic amines is 1. The van der Waals surface area contributed by atoms with Gasteiger partial charge in [0.1, 0.15) is 11.5 Å². The summed E-state index contributed by atoms with van der Waals surface area (Å²) in [5, 5.41) is 0. The molecule has 0 bridgehead atoms. The number of benzene rings is 1. The minimum atomic E-state index is -0.468. The Labute approximate surface area is 91.9 Å². The molecule has 0 amide bonds. The maximum absolute atomic E-state index is 13.0. The number of halogens is 1. The molecule has 0 aliphatic rings. The molecular weight excluding hydrogens is 209 g/mol. The molecule has 0 unspecified atom stereocenters. The first-order chi connectivity index (χ1) is 7.72. The lowest BCUT2D eigenvalue weighted by Gasteiger charge is -2.02. The van der Waals surface area contributed by atoms with Crippen LogP contribution in [0.25, 0.3) is 11.1 Å². The van der Waals surface area contributed by atoms with Gasteiger partial charge in [-0.3, -0.25) is 0 Å². The molecular formula is C12H10FNO2. The van der Waals surface area contributed by atoms with Crippen molar-refractivity contribution in [3.63, 3.8) is 0 Å². The third-order valence-corrected chi connectivity index (χ3v) is 2.27. The highest BCUT2D eigenvalue weighted by molar-refractivity contribution is 5.95. The summed E-state index contributed by atoms with van der Waals surface area (Å²) in [6.07, 6.45) is 1.62. The van der Waals surface area contributed by atoms with Crippen molar-refractivity contribution in [3.8, 4) is 11.1 Å². The van der Waals surface area contributed by atoms with Crippen molar-refractivity contribution in [2.45, 2.75) is 0 Å². The van der Waals surface area contributed by atoms with Gasteiger partial charge in [-0.25, -0.2) is 9.18 Å². The van der Waals surface area contributed by atoms with Gasteiger partial charge in [0.25, 0.3) is 0 Å². The van der Waals surface area contributed by atoms with Crippen LogP contribution in [-0.4, -0.2) is 18.1 Å². The van der Waals surface area contributed by atoms with Crippen molar-refractivity contribution in [2.24, 2.45) is 0 Å². The van der Waals surface area contributed by atoms with Crippen LogP contribution in [0.15, 0.2) is 36.5 Å². The zero-order valence-corrected chi connectivity index (χ0v) is 8.66. The highest BCUT2D eigenvalue weighted by Crippen LogP contribution is 2.23. The first-order valence-corrected chi connectivity index (χ1v) is 4.74. The fourth-order valence-corrected chi connectivity index (χ4v) is 1.54. The van der Waals surface area contributed by atoms with Gasteiger partial charge in [-0.2, -0.15) is 0 Å². The molecule has 0 spiro atoms. The predicted octanol–water partition coefficient (Wildman–Crippen LogP) is 2.61. The number of H-pyrrole nitrogens is 1. The Hall–Kier alpha value is -2.10. The molecule has 0 saturated heterocycles. The summed E-state index contributed by atoms with van der Waals surface area (Å²) in [5.74, 6) is -0.807. The smallest absolute Gasteiger partial charge is 0.355 e. The molecule has 1 aromatic carbocycles. The van der Waals surface area contributed by atoms with E-state index in [0.717, 1.165) is 0 Å². The van der Waals surface area contributed by atoms with E-state index < -0.39 is 5.97 Å². The zero-order chi connectivity index (χ0) is 11.5. The summed E-state index contributed by atoms with van der Waals surface area (Å²) in [5.41, 5.74) is 1.60. The number of aromatic nitrogens is 1. The Morgan fingerprint density at radius 2 is 2.19 bits per heavy atom. The number of hydrogen-bond acceptors (Lipinski definition) is 2. The SMILES string of the molecule is COC(=O)c1[nH]ccc1-c1cccc(F)c1. The van der Waals surface area contributed by atoms with E-state index in [2.05, 4.69) is 9.72 Å². The molecule has 3 nitrogen and oxygen atoms in total. The maximum Gasteiger partial charge on any atom is 0.355 e. The summed E-state index contributed by atoms with van der Waals surface area (Å²) in [7, 11) is 1.30. The molecule has 1 heterocycles. The Balaban J connectivity index is 2.48. The molecule has 82 valence electrons. The lowest BCUT2D eigenvalue weighted by atomic mass is 10.1. The predicted molar refractivity (Wildman–Crippen MR) is 57.5 cm³/mol. The Morgan fingerprint density at radius 1 is 1.38 bits per heavy atom. The molecule has 0 fully saturated rings. The molecule has 1 N–H and O–H groups in total. The second-order valence-corrected chi connectivity index (χ2v) is 3.27. The van der Waals surface area contributed by atoms with Crippen LogP contribution in [0, 0.1) is 5.82 Å². The molecule has 2 rings (SSSR count). The molecule has 0 radical (unpaired) electrons. The average molecular weight is 219 g/mol. The molecule has 1 aromatic heterocycles. The molecule has 0 aliphatic heterocycles. The number of rotatable bonds is 2. The van der Waals surface area contributed by atoms with Crippen LogP contribution in [0.2, 0.25) is 0 Å². The van der Waals surface area contributed by atoms with E-state index in [1.165, 1.54) is 19.2 Å². The van der Waals surface area contributed by atoms with Crippen LogP contribution in [0.1, 0.15) is 10.5 Å². The first kappa shape index (κ1) is 10.4. The summed E-state index contributed by atoms with van der Waals surface area (Å²) < 4.78 is 17.7. The molecule has 4 heteroatoms. The van der Waals surface area contributed by atoms with Crippen LogP contribution in [0.4, 0.5) is 4.39 Å². The topological polar surface area (TPSA) is 42.1 Å². The normalized spacial score (nSPS) is 10.1. The number of ether oxygens (including phenoxy) is 1. The lowest BCUT2D eigenvalue weighted by molar-refractivity contribution is 0.0596. The standard InChI is InChI=1S/C12H10FNO2/c1-16-12(15)11-10(5-6-14-11)8-3-2-4-9(13)7-8/h2-7,14H,1H3. The van der Waals surface area contributed by atoms with Crippen LogP contribution < -0.4 is 0 Å². The number of carbonyl (C=O) groups is 1. The molecule has 0 aliphatic carbocycles. The van der Waals surface area contributed by atoms with Crippen molar-refractivity contribution in [3.05, 3.63) is 48.0 Å². The monoisotopic (exact) mass is 219 g/mol. The van der Waals surface area contributed by atoms with E-state index in [9.17, 15) is 9.18 Å². The highest BCUT2D eigenvalue weighted by atomic mass is 19.1. The Morgan fingerprint density at radius 3 is 2.88 bits per heavy atom. The van der Waals surface area contributed by atoms with Gasteiger partial charge in [0, 0.05) is 11.8 Å². The summed E-state index contributed by atoms with van der Waals surface area (Å²) in [4.78, 5) is 14.2. The number of methoxy groups -OCH3 is 1. The van der Waals surface area contributed by atoms with Crippen LogP contribution in [-0.2, 0) is 4.74 Å². The third kappa shape index (κ3) is 1.82. The Bertz CT molecular complexity index is 519. The van der Waals surface area contributed by atoms with Crippen molar-refractivity contribution in [1.82, 2.24) is 4.98 Å². The van der Waals surface area contributed by atoms with E-state index in [1.54, 1.807) is 24.4 Å². The lowest BCUT2D eigenvalue weighted by Crippen LogP contribution is -2.03. The summed E-state index contributed by atoms with van der Waals surface area (Å²) in [6.45, 7) is 0. The largest absolute Gasteiger partial charge is 0.464 e. The average Bonchev–Trinajstić information content (AvgIpc) is 2.77. The number of carbonyl (C=O) groups excluding carboxylic acids is 1. The fourth-order valence-electron chi connectivity index (χ4n) is 1.54. The van der Waals surface area contributed by atoms with Gasteiger partial charge in [0.05, 0.1) is 7.11 Å². The van der Waals surface area contributed by atoms with Crippen molar-refractivity contribution in [2.75, 3.05) is 7.11 Å². The summed E-state index contributed by atoms with van der Waals surface area (Å²) in [6, 6.07) is 7.77. The minimum Gasteiger partial charge on any atom is -0.464 e. The third-order valence-electron chi connectivity index (χ3n) is 2.27. The number of nitrogens with one attached hydrogen (secondary N) is 1. The van der Waals surface area contributed by atoms with E-state index in [1.807, 2.05) is 0 Å². The van der Waals surface area contributed by atoms with Crippen molar-refractivity contribution < 1.29 is 13.9 Å². The van der Waals surface area contributed by atoms with Gasteiger partial charge in [-0.1, -0.05) is 12.1 Å². The van der Waals surface area contributed by atoms with Gasteiger partial charge >= 0.3 is 5.97 Å². The van der Waals surface area contributed by atoms with Gasteiger partial charge in [-0.05, 0) is 23.8 Å². The minimum absolute atomic E-state index is 0.327. The molecule has 2 aromatic rings. The molecule has 0 saturated carbocycles. The van der Waals surface area contributed by atoms with E-state index in [-0.39, 0.29) is 5.82 Å². The van der Waals surface area contributed by atoms with Crippen LogP contribution in [0.5, 0.6) is 0 Å². The van der Waals surface area contributed by atoms with Crippen molar-refractivity contribution in [1.29, 1.82) is 0 Å². The molecule has 16 heavy (non-hydrogen) atoms. The van der Waals surface area contributed by atoms with Crippen LogP contribution >= 0.6 is 0 Å². The van der Waals surface area contributed by atoms with Gasteiger partial charge in [0.15, 0.2) is 0 Å². The van der Waals surface area contributed by atoms with E-state index in [0.29, 0.717) is 16.8 Å². The first-order valence-electron chi connectivity index (χ1n) is 4.74. The van der Waals surface area contributed by atoms with Crippen LogP contribution in [0.3, 0.4) is 0 Å². The van der Waals surface area contributed by atoms with E-state index >= 15 is 0 Å². The number of esters is 1. The quantitative estimate of drug-likeness (QED) is 0.789. The maximum atomic E-state index is 13.0. The Kier molecular flexibility index (Phi) is 2.72. The second-order valence-electron chi connectivity index (χ2n) is 3.27. The van der Waals surface area contributed by atoms with E-state index in [4.69, 9.17) is 0 Å². The van der Waals surface area contributed by atoms with Gasteiger partial charge < -0.3 is 9.72 Å². The van der Waals surface area contributed by atoms with Gasteiger partial charge in [0.2, 0.25) is 0 Å². The zero-order valence-electron chi connectivity index (χ0n) is 8.66. The highest BCUT2D eigenvalue weighted by Gasteiger charge is 2.14. The fraction of sp³-hybridized carbons (Fsp3) is 0.0833. The summed E-state index contributed by atoms with van der Waals surface area (Å²) >= 11 is 0. The van der Waals surface area contributed by atoms with Gasteiger partial charge in [-0.15, -0.1) is 0 Å². The second kappa shape index (κ2) is 4.18. The van der Waals surface area contributed by atoms with Crippen molar-refractivity contribution >= 4 is 5.97 Å².